The fourth-order valence-electron chi connectivity index (χ4n) is 3.84. The average molecular weight is 404 g/mol. The molecule has 3 aromatic carbocycles. The fraction of sp³-hybridized carbons (Fsp3) is 0.250. The molecule has 4 rings (SSSR count). The molecule has 0 atom stereocenters. The number of hydrogen-bond acceptors (Lipinski definition) is 5. The first-order valence-electron chi connectivity index (χ1n) is 9.96. The molecular weight excluding hydrogens is 380 g/mol. The van der Waals surface area contributed by atoms with Crippen molar-refractivity contribution in [2.45, 2.75) is 0 Å². The van der Waals surface area contributed by atoms with Gasteiger partial charge in [-0.3, -0.25) is 9.59 Å². The number of nitrogens with zero attached hydrogens (tertiary/aromatic N) is 2. The zero-order valence-corrected chi connectivity index (χ0v) is 16.9. The summed E-state index contributed by atoms with van der Waals surface area (Å²) in [6.45, 7) is 2.58. The standard InChI is InChI=1S/C24H24N2O4/c1-29-23-9-5-4-8-21(23)25-12-14-26(15-13-25)24(28)17-30-22-11-10-18-6-2-3-7-19(18)20(22)16-27/h2-11,16H,12-15,17H2,1H3. The zero-order chi connectivity index (χ0) is 20.9. The number of hydrogen-bond donors (Lipinski definition) is 0. The fourth-order valence-corrected chi connectivity index (χ4v) is 3.84. The molecule has 6 nitrogen and oxygen atoms in total. The van der Waals surface area contributed by atoms with E-state index in [1.807, 2.05) is 54.6 Å². The van der Waals surface area contributed by atoms with Crippen LogP contribution in [0.1, 0.15) is 10.4 Å². The van der Waals surface area contributed by atoms with E-state index in [2.05, 4.69) is 4.90 Å². The van der Waals surface area contributed by atoms with Crippen LogP contribution in [0.15, 0.2) is 60.7 Å². The molecule has 1 aliphatic rings. The Kier molecular flexibility index (Phi) is 5.84. The molecule has 0 aromatic heterocycles. The third-order valence-electron chi connectivity index (χ3n) is 5.46. The van der Waals surface area contributed by atoms with Gasteiger partial charge in [0.25, 0.3) is 5.91 Å². The van der Waals surface area contributed by atoms with Crippen LogP contribution in [0.5, 0.6) is 11.5 Å². The Balaban J connectivity index is 1.38. The monoisotopic (exact) mass is 404 g/mol. The van der Waals surface area contributed by atoms with Crippen molar-refractivity contribution >= 4 is 28.7 Å². The summed E-state index contributed by atoms with van der Waals surface area (Å²) in [6, 6.07) is 19.2. The number of ether oxygens (including phenoxy) is 2. The van der Waals surface area contributed by atoms with Crippen molar-refractivity contribution in [3.8, 4) is 11.5 Å². The number of carbonyl (C=O) groups excluding carboxylic acids is 2. The number of benzene rings is 3. The van der Waals surface area contributed by atoms with Gasteiger partial charge >= 0.3 is 0 Å². The lowest BCUT2D eigenvalue weighted by molar-refractivity contribution is -0.133. The molecule has 1 heterocycles. The molecule has 1 saturated heterocycles. The highest BCUT2D eigenvalue weighted by molar-refractivity contribution is 6.00. The average Bonchev–Trinajstić information content (AvgIpc) is 2.82. The maximum absolute atomic E-state index is 12.7. The Labute approximate surface area is 175 Å². The van der Waals surface area contributed by atoms with E-state index in [4.69, 9.17) is 9.47 Å². The molecule has 0 saturated carbocycles. The van der Waals surface area contributed by atoms with Crippen molar-refractivity contribution in [1.29, 1.82) is 0 Å². The second-order valence-corrected chi connectivity index (χ2v) is 7.14. The maximum atomic E-state index is 12.7. The van der Waals surface area contributed by atoms with Crippen LogP contribution >= 0.6 is 0 Å². The molecule has 1 amide bonds. The van der Waals surface area contributed by atoms with Crippen LogP contribution in [-0.4, -0.2) is 57.0 Å². The highest BCUT2D eigenvalue weighted by Gasteiger charge is 2.23. The van der Waals surface area contributed by atoms with Crippen LogP contribution in [0.4, 0.5) is 5.69 Å². The molecule has 0 N–H and O–H groups in total. The van der Waals surface area contributed by atoms with Gasteiger partial charge < -0.3 is 19.3 Å². The molecule has 1 fully saturated rings. The van der Waals surface area contributed by atoms with Gasteiger partial charge in [0.15, 0.2) is 12.9 Å². The number of aldehydes is 1. The van der Waals surface area contributed by atoms with Crippen molar-refractivity contribution in [2.24, 2.45) is 0 Å². The lowest BCUT2D eigenvalue weighted by atomic mass is 10.0. The predicted octanol–water partition coefficient (Wildman–Crippen LogP) is 3.39. The number of carbonyl (C=O) groups is 2. The second-order valence-electron chi connectivity index (χ2n) is 7.14. The summed E-state index contributed by atoms with van der Waals surface area (Å²) in [4.78, 5) is 28.3. The highest BCUT2D eigenvalue weighted by Crippen LogP contribution is 2.29. The molecule has 30 heavy (non-hydrogen) atoms. The predicted molar refractivity (Wildman–Crippen MR) is 117 cm³/mol. The van der Waals surface area contributed by atoms with E-state index in [1.165, 1.54) is 0 Å². The van der Waals surface area contributed by atoms with Gasteiger partial charge in [-0.15, -0.1) is 0 Å². The molecule has 0 unspecified atom stereocenters. The quantitative estimate of drug-likeness (QED) is 0.590. The van der Waals surface area contributed by atoms with Gasteiger partial charge in [-0.25, -0.2) is 0 Å². The van der Waals surface area contributed by atoms with E-state index in [-0.39, 0.29) is 12.5 Å². The lowest BCUT2D eigenvalue weighted by Gasteiger charge is -2.36. The molecule has 3 aromatic rings. The van der Waals surface area contributed by atoms with Crippen LogP contribution in [0, 0.1) is 0 Å². The van der Waals surface area contributed by atoms with Crippen molar-refractivity contribution in [3.63, 3.8) is 0 Å². The van der Waals surface area contributed by atoms with Gasteiger partial charge in [-0.05, 0) is 29.0 Å². The number of anilines is 1. The van der Waals surface area contributed by atoms with Crippen molar-refractivity contribution in [2.75, 3.05) is 44.8 Å². The lowest BCUT2D eigenvalue weighted by Crippen LogP contribution is -2.50. The normalized spacial score (nSPS) is 13.9. The Morgan fingerprint density at radius 3 is 2.43 bits per heavy atom. The van der Waals surface area contributed by atoms with Crippen LogP contribution in [0.25, 0.3) is 10.8 Å². The zero-order valence-electron chi connectivity index (χ0n) is 16.9. The first-order chi connectivity index (χ1) is 14.7. The van der Waals surface area contributed by atoms with Crippen molar-refractivity contribution in [3.05, 3.63) is 66.2 Å². The van der Waals surface area contributed by atoms with Gasteiger partial charge in [0, 0.05) is 26.2 Å². The largest absolute Gasteiger partial charge is 0.495 e. The van der Waals surface area contributed by atoms with E-state index < -0.39 is 0 Å². The third kappa shape index (κ3) is 3.94. The molecule has 1 aliphatic heterocycles. The molecular formula is C24H24N2O4. The summed E-state index contributed by atoms with van der Waals surface area (Å²) in [5.41, 5.74) is 1.51. The van der Waals surface area contributed by atoms with Crippen molar-refractivity contribution in [1.82, 2.24) is 4.90 Å². The van der Waals surface area contributed by atoms with Gasteiger partial charge in [0.2, 0.25) is 0 Å². The van der Waals surface area contributed by atoms with Crippen LogP contribution in [0.3, 0.4) is 0 Å². The van der Waals surface area contributed by atoms with E-state index in [1.54, 1.807) is 18.1 Å². The molecule has 0 radical (unpaired) electrons. The Morgan fingerprint density at radius 1 is 0.933 bits per heavy atom. The van der Waals surface area contributed by atoms with E-state index in [0.29, 0.717) is 24.4 Å². The van der Waals surface area contributed by atoms with E-state index >= 15 is 0 Å². The summed E-state index contributed by atoms with van der Waals surface area (Å²) in [7, 11) is 1.66. The van der Waals surface area contributed by atoms with Crippen molar-refractivity contribution < 1.29 is 19.1 Å². The number of para-hydroxylation sites is 2. The minimum absolute atomic E-state index is 0.0836. The minimum atomic E-state index is -0.0894. The minimum Gasteiger partial charge on any atom is -0.495 e. The summed E-state index contributed by atoms with van der Waals surface area (Å²) >= 11 is 0. The van der Waals surface area contributed by atoms with Gasteiger partial charge in [0.05, 0.1) is 18.4 Å². The molecule has 0 spiro atoms. The van der Waals surface area contributed by atoms with E-state index in [9.17, 15) is 9.59 Å². The molecule has 0 bridgehead atoms. The topological polar surface area (TPSA) is 59.1 Å². The first kappa shape index (κ1) is 19.8. The highest BCUT2D eigenvalue weighted by atomic mass is 16.5. The van der Waals surface area contributed by atoms with Gasteiger partial charge in [-0.1, -0.05) is 42.5 Å². The Morgan fingerprint density at radius 2 is 1.67 bits per heavy atom. The summed E-state index contributed by atoms with van der Waals surface area (Å²) in [5.74, 6) is 1.18. The summed E-state index contributed by atoms with van der Waals surface area (Å²) in [5, 5.41) is 1.79. The second kappa shape index (κ2) is 8.86. The van der Waals surface area contributed by atoms with Crippen LogP contribution in [0.2, 0.25) is 0 Å². The number of piperazine rings is 1. The summed E-state index contributed by atoms with van der Waals surface area (Å²) in [6.07, 6.45) is 0.786. The molecule has 6 heteroatoms. The first-order valence-corrected chi connectivity index (χ1v) is 9.96. The molecule has 154 valence electrons. The SMILES string of the molecule is COc1ccccc1N1CCN(C(=O)COc2ccc3ccccc3c2C=O)CC1. The van der Waals surface area contributed by atoms with Crippen LogP contribution in [-0.2, 0) is 4.79 Å². The van der Waals surface area contributed by atoms with Crippen LogP contribution < -0.4 is 14.4 Å². The maximum Gasteiger partial charge on any atom is 0.260 e. The smallest absolute Gasteiger partial charge is 0.260 e. The summed E-state index contributed by atoms with van der Waals surface area (Å²) < 4.78 is 11.2. The number of fused-ring (bicyclic) bond motifs is 1. The number of methoxy groups -OCH3 is 1. The third-order valence-corrected chi connectivity index (χ3v) is 5.46. The Hall–Kier alpha value is -3.54. The van der Waals surface area contributed by atoms with Gasteiger partial charge in [-0.2, -0.15) is 0 Å². The number of amides is 1. The Bertz CT molecular complexity index is 1060. The van der Waals surface area contributed by atoms with E-state index in [0.717, 1.165) is 41.6 Å². The number of rotatable bonds is 6. The van der Waals surface area contributed by atoms with Gasteiger partial charge in [0.1, 0.15) is 11.5 Å². The molecule has 0 aliphatic carbocycles.